The Morgan fingerprint density at radius 3 is 2.82 bits per heavy atom. The topological polar surface area (TPSA) is 84.2 Å². The van der Waals surface area contributed by atoms with Gasteiger partial charge in [-0.1, -0.05) is 18.2 Å². The van der Waals surface area contributed by atoms with Gasteiger partial charge in [0.2, 0.25) is 0 Å². The maximum absolute atomic E-state index is 9.07. The SMILES string of the molecule is COCCOc1ccn2c(-c3ccc4cccc(N5CCC(NCCO)CC5)c4n3)cnc2c1. The number of imidazole rings is 1. The molecular weight excluding hydrogens is 430 g/mol. The van der Waals surface area contributed by atoms with Crippen molar-refractivity contribution in [3.8, 4) is 17.1 Å². The van der Waals surface area contributed by atoms with E-state index in [0.717, 1.165) is 59.6 Å². The van der Waals surface area contributed by atoms with Crippen molar-refractivity contribution in [1.29, 1.82) is 0 Å². The van der Waals surface area contributed by atoms with Gasteiger partial charge in [0.25, 0.3) is 0 Å². The Labute approximate surface area is 199 Å². The molecule has 5 rings (SSSR count). The van der Waals surface area contributed by atoms with E-state index in [1.54, 1.807) is 7.11 Å². The third-order valence-electron chi connectivity index (χ3n) is 6.38. The van der Waals surface area contributed by atoms with Crippen molar-refractivity contribution in [2.75, 3.05) is 51.5 Å². The molecule has 1 aliphatic heterocycles. The second kappa shape index (κ2) is 10.4. The number of methoxy groups -OCH3 is 1. The summed E-state index contributed by atoms with van der Waals surface area (Å²) in [6.07, 6.45) is 5.95. The quantitative estimate of drug-likeness (QED) is 0.371. The summed E-state index contributed by atoms with van der Waals surface area (Å²) >= 11 is 0. The van der Waals surface area contributed by atoms with Gasteiger partial charge < -0.3 is 24.8 Å². The third-order valence-corrected chi connectivity index (χ3v) is 6.38. The summed E-state index contributed by atoms with van der Waals surface area (Å²) in [6.45, 7) is 3.83. The van der Waals surface area contributed by atoms with Crippen molar-refractivity contribution in [3.05, 3.63) is 54.9 Å². The molecular formula is C26H31N5O3. The average Bonchev–Trinajstić information content (AvgIpc) is 3.31. The van der Waals surface area contributed by atoms with Crippen LogP contribution >= 0.6 is 0 Å². The Kier molecular flexibility index (Phi) is 6.89. The third kappa shape index (κ3) is 4.70. The minimum Gasteiger partial charge on any atom is -0.491 e. The zero-order valence-electron chi connectivity index (χ0n) is 19.5. The molecule has 8 heteroatoms. The zero-order chi connectivity index (χ0) is 23.3. The molecule has 0 unspecified atom stereocenters. The summed E-state index contributed by atoms with van der Waals surface area (Å²) in [5.41, 5.74) is 4.83. The van der Waals surface area contributed by atoms with E-state index in [2.05, 4.69) is 45.5 Å². The minimum atomic E-state index is 0.182. The number of para-hydroxylation sites is 1. The number of fused-ring (bicyclic) bond motifs is 2. The molecule has 2 N–H and O–H groups in total. The first-order valence-corrected chi connectivity index (χ1v) is 11.8. The lowest BCUT2D eigenvalue weighted by molar-refractivity contribution is 0.146. The highest BCUT2D eigenvalue weighted by molar-refractivity contribution is 5.92. The summed E-state index contributed by atoms with van der Waals surface area (Å²) in [7, 11) is 1.66. The molecule has 178 valence electrons. The number of aliphatic hydroxyl groups excluding tert-OH is 1. The zero-order valence-corrected chi connectivity index (χ0v) is 19.5. The summed E-state index contributed by atoms with van der Waals surface area (Å²) < 4.78 is 12.8. The predicted molar refractivity (Wildman–Crippen MR) is 134 cm³/mol. The number of aromatic nitrogens is 3. The molecule has 3 aromatic heterocycles. The molecule has 4 aromatic rings. The van der Waals surface area contributed by atoms with E-state index in [4.69, 9.17) is 19.6 Å². The molecule has 0 bridgehead atoms. The molecule has 4 heterocycles. The van der Waals surface area contributed by atoms with Gasteiger partial charge in [0.15, 0.2) is 0 Å². The Hall–Kier alpha value is -3.20. The van der Waals surface area contributed by atoms with E-state index in [9.17, 15) is 0 Å². The van der Waals surface area contributed by atoms with Crippen LogP contribution in [0.15, 0.2) is 54.9 Å². The lowest BCUT2D eigenvalue weighted by Gasteiger charge is -2.34. The van der Waals surface area contributed by atoms with Crippen LogP contribution in [0.3, 0.4) is 0 Å². The van der Waals surface area contributed by atoms with Gasteiger partial charge in [-0.2, -0.15) is 0 Å². The highest BCUT2D eigenvalue weighted by atomic mass is 16.5. The molecule has 8 nitrogen and oxygen atoms in total. The minimum absolute atomic E-state index is 0.182. The first kappa shape index (κ1) is 22.6. The Morgan fingerprint density at radius 2 is 2.00 bits per heavy atom. The largest absolute Gasteiger partial charge is 0.491 e. The number of anilines is 1. The van der Waals surface area contributed by atoms with Crippen molar-refractivity contribution in [1.82, 2.24) is 19.7 Å². The number of nitrogens with zero attached hydrogens (tertiary/aromatic N) is 4. The second-order valence-electron chi connectivity index (χ2n) is 8.56. The van der Waals surface area contributed by atoms with Crippen LogP contribution in [-0.2, 0) is 4.74 Å². The van der Waals surface area contributed by atoms with Crippen molar-refractivity contribution < 1.29 is 14.6 Å². The number of hydrogen-bond acceptors (Lipinski definition) is 7. The van der Waals surface area contributed by atoms with Gasteiger partial charge in [-0.25, -0.2) is 9.97 Å². The second-order valence-corrected chi connectivity index (χ2v) is 8.56. The Morgan fingerprint density at radius 1 is 1.12 bits per heavy atom. The van der Waals surface area contributed by atoms with Crippen LogP contribution in [-0.4, -0.2) is 72.1 Å². The Bertz CT molecular complexity index is 1250. The molecule has 0 saturated carbocycles. The van der Waals surface area contributed by atoms with E-state index >= 15 is 0 Å². The highest BCUT2D eigenvalue weighted by Crippen LogP contribution is 2.31. The number of benzene rings is 1. The van der Waals surface area contributed by atoms with Crippen molar-refractivity contribution in [3.63, 3.8) is 0 Å². The monoisotopic (exact) mass is 461 g/mol. The van der Waals surface area contributed by atoms with Crippen molar-refractivity contribution in [2.24, 2.45) is 0 Å². The number of piperidine rings is 1. The lowest BCUT2D eigenvalue weighted by Crippen LogP contribution is -2.43. The average molecular weight is 462 g/mol. The predicted octanol–water partition coefficient (Wildman–Crippen LogP) is 3.13. The molecule has 1 saturated heterocycles. The highest BCUT2D eigenvalue weighted by Gasteiger charge is 2.21. The molecule has 1 aromatic carbocycles. The smallest absolute Gasteiger partial charge is 0.140 e. The number of rotatable bonds is 9. The van der Waals surface area contributed by atoms with Crippen molar-refractivity contribution in [2.45, 2.75) is 18.9 Å². The fourth-order valence-electron chi connectivity index (χ4n) is 4.61. The van der Waals surface area contributed by atoms with Gasteiger partial charge in [0, 0.05) is 50.4 Å². The van der Waals surface area contributed by atoms with Crippen LogP contribution in [0.5, 0.6) is 5.75 Å². The number of nitrogens with one attached hydrogen (secondary N) is 1. The van der Waals surface area contributed by atoms with Crippen LogP contribution in [0.4, 0.5) is 5.69 Å². The number of pyridine rings is 2. The first-order valence-electron chi connectivity index (χ1n) is 11.8. The first-order chi connectivity index (χ1) is 16.8. The molecule has 0 spiro atoms. The molecule has 0 aliphatic carbocycles. The van der Waals surface area contributed by atoms with E-state index in [1.165, 1.54) is 5.69 Å². The molecule has 34 heavy (non-hydrogen) atoms. The van der Waals surface area contributed by atoms with Crippen molar-refractivity contribution >= 4 is 22.2 Å². The maximum Gasteiger partial charge on any atom is 0.140 e. The number of aliphatic hydroxyl groups is 1. The van der Waals surface area contributed by atoms with Crippen LogP contribution in [0.25, 0.3) is 27.9 Å². The summed E-state index contributed by atoms with van der Waals surface area (Å²) in [5, 5.41) is 13.6. The van der Waals surface area contributed by atoms with E-state index in [-0.39, 0.29) is 6.61 Å². The molecule has 1 aliphatic rings. The molecule has 0 atom stereocenters. The van der Waals surface area contributed by atoms with Gasteiger partial charge >= 0.3 is 0 Å². The number of ether oxygens (including phenoxy) is 2. The Balaban J connectivity index is 1.41. The fourth-order valence-corrected chi connectivity index (χ4v) is 4.61. The summed E-state index contributed by atoms with van der Waals surface area (Å²) in [4.78, 5) is 12.1. The van der Waals surface area contributed by atoms with Gasteiger partial charge in [-0.15, -0.1) is 0 Å². The van der Waals surface area contributed by atoms with Crippen LogP contribution in [0.2, 0.25) is 0 Å². The standard InChI is InChI=1S/C26H31N5O3/c1-33-15-16-34-21-9-13-31-24(18-28-25(31)17-21)22-6-5-19-3-2-4-23(26(19)29-22)30-11-7-20(8-12-30)27-10-14-32/h2-6,9,13,17-18,20,27,32H,7-8,10-12,14-16H2,1H3. The summed E-state index contributed by atoms with van der Waals surface area (Å²) in [6, 6.07) is 14.9. The molecule has 0 amide bonds. The van der Waals surface area contributed by atoms with Crippen LogP contribution in [0, 0.1) is 0 Å². The lowest BCUT2D eigenvalue weighted by atomic mass is 10.0. The van der Waals surface area contributed by atoms with Crippen LogP contribution < -0.4 is 15.0 Å². The molecule has 0 radical (unpaired) electrons. The normalized spacial score (nSPS) is 14.8. The number of hydrogen-bond donors (Lipinski definition) is 2. The van der Waals surface area contributed by atoms with Crippen LogP contribution in [0.1, 0.15) is 12.8 Å². The van der Waals surface area contributed by atoms with E-state index in [0.29, 0.717) is 25.8 Å². The van der Waals surface area contributed by atoms with E-state index in [1.807, 2.05) is 28.9 Å². The van der Waals surface area contributed by atoms with Gasteiger partial charge in [0.1, 0.15) is 18.0 Å². The van der Waals surface area contributed by atoms with Gasteiger partial charge in [-0.05, 0) is 31.0 Å². The van der Waals surface area contributed by atoms with Gasteiger partial charge in [-0.3, -0.25) is 4.40 Å². The molecule has 1 fully saturated rings. The van der Waals surface area contributed by atoms with Gasteiger partial charge in [0.05, 0.1) is 42.0 Å². The fraction of sp³-hybridized carbons (Fsp3) is 0.385. The maximum atomic E-state index is 9.07. The van der Waals surface area contributed by atoms with E-state index < -0.39 is 0 Å². The summed E-state index contributed by atoms with van der Waals surface area (Å²) in [5.74, 6) is 0.771.